The highest BCUT2D eigenvalue weighted by Crippen LogP contribution is 2.27. The Morgan fingerprint density at radius 3 is 2.62 bits per heavy atom. The van der Waals surface area contributed by atoms with Crippen LogP contribution in [0.4, 0.5) is 0 Å². The highest BCUT2D eigenvalue weighted by atomic mass is 16.5. The Kier molecular flexibility index (Phi) is 5.26. The Hall–Kier alpha value is -0.570. The molecule has 1 aliphatic rings. The summed E-state index contributed by atoms with van der Waals surface area (Å²) in [6, 6.07) is 1.01. The number of ether oxygens (including phenoxy) is 1. The molecule has 0 amide bonds. The van der Waals surface area contributed by atoms with E-state index in [0.29, 0.717) is 24.6 Å². The van der Waals surface area contributed by atoms with Gasteiger partial charge in [-0.3, -0.25) is 4.79 Å². The molecule has 0 aromatic heterocycles. The number of nitrogens with one attached hydrogen (secondary N) is 1. The molecular weight excluding hydrogens is 202 g/mol. The summed E-state index contributed by atoms with van der Waals surface area (Å²) in [5, 5.41) is 3.60. The summed E-state index contributed by atoms with van der Waals surface area (Å²) >= 11 is 0. The van der Waals surface area contributed by atoms with Gasteiger partial charge in [0.1, 0.15) is 0 Å². The standard InChI is InChI=1S/C13H25NO2/c1-5-16-13(15)11-6-7-12(8-11)14-10(4)9(2)3/h9-12,14H,5-8H2,1-4H3. The predicted octanol–water partition coefficient (Wildman–Crippen LogP) is 2.35. The molecule has 0 saturated heterocycles. The van der Waals surface area contributed by atoms with Crippen LogP contribution in [0.15, 0.2) is 0 Å². The predicted molar refractivity (Wildman–Crippen MR) is 65.2 cm³/mol. The van der Waals surface area contributed by atoms with Crippen molar-refractivity contribution in [2.45, 2.75) is 59.0 Å². The second-order valence-electron chi connectivity index (χ2n) is 5.16. The Bertz CT molecular complexity index is 228. The number of esters is 1. The van der Waals surface area contributed by atoms with Gasteiger partial charge in [-0.25, -0.2) is 0 Å². The maximum atomic E-state index is 11.6. The smallest absolute Gasteiger partial charge is 0.308 e. The van der Waals surface area contributed by atoms with E-state index in [-0.39, 0.29) is 11.9 Å². The Morgan fingerprint density at radius 1 is 1.38 bits per heavy atom. The van der Waals surface area contributed by atoms with Gasteiger partial charge in [0.15, 0.2) is 0 Å². The topological polar surface area (TPSA) is 38.3 Å². The van der Waals surface area contributed by atoms with Crippen molar-refractivity contribution in [3.05, 3.63) is 0 Å². The third kappa shape index (κ3) is 3.78. The van der Waals surface area contributed by atoms with Gasteiger partial charge in [-0.2, -0.15) is 0 Å². The van der Waals surface area contributed by atoms with Crippen molar-refractivity contribution in [3.63, 3.8) is 0 Å². The lowest BCUT2D eigenvalue weighted by Gasteiger charge is -2.22. The van der Waals surface area contributed by atoms with Crippen LogP contribution in [0.1, 0.15) is 47.0 Å². The van der Waals surface area contributed by atoms with Gasteiger partial charge in [-0.05, 0) is 39.0 Å². The van der Waals surface area contributed by atoms with E-state index in [2.05, 4.69) is 26.1 Å². The summed E-state index contributed by atoms with van der Waals surface area (Å²) in [5.41, 5.74) is 0. The van der Waals surface area contributed by atoms with E-state index in [1.54, 1.807) is 0 Å². The molecule has 3 nitrogen and oxygen atoms in total. The maximum Gasteiger partial charge on any atom is 0.308 e. The first-order valence-corrected chi connectivity index (χ1v) is 6.47. The average molecular weight is 227 g/mol. The summed E-state index contributed by atoms with van der Waals surface area (Å²) in [6.45, 7) is 9.01. The maximum absolute atomic E-state index is 11.6. The third-order valence-electron chi connectivity index (χ3n) is 3.55. The van der Waals surface area contributed by atoms with Crippen molar-refractivity contribution in [1.29, 1.82) is 0 Å². The normalized spacial score (nSPS) is 27.1. The largest absolute Gasteiger partial charge is 0.466 e. The fourth-order valence-corrected chi connectivity index (χ4v) is 2.17. The van der Waals surface area contributed by atoms with Crippen molar-refractivity contribution in [3.8, 4) is 0 Å². The highest BCUT2D eigenvalue weighted by molar-refractivity contribution is 5.72. The van der Waals surface area contributed by atoms with Crippen LogP contribution in [0.5, 0.6) is 0 Å². The van der Waals surface area contributed by atoms with Crippen LogP contribution >= 0.6 is 0 Å². The molecule has 1 rings (SSSR count). The number of carbonyl (C=O) groups excluding carboxylic acids is 1. The molecule has 16 heavy (non-hydrogen) atoms. The summed E-state index contributed by atoms with van der Waals surface area (Å²) in [7, 11) is 0. The van der Waals surface area contributed by atoms with E-state index < -0.39 is 0 Å². The Balaban J connectivity index is 2.32. The molecule has 1 fully saturated rings. The fraction of sp³-hybridized carbons (Fsp3) is 0.923. The summed E-state index contributed by atoms with van der Waals surface area (Å²) in [4.78, 5) is 11.6. The van der Waals surface area contributed by atoms with Gasteiger partial charge in [-0.15, -0.1) is 0 Å². The first-order chi connectivity index (χ1) is 7.54. The minimum atomic E-state index is -0.0102. The molecule has 0 radical (unpaired) electrons. The zero-order valence-corrected chi connectivity index (χ0v) is 11.0. The number of carbonyl (C=O) groups is 1. The minimum absolute atomic E-state index is 0.0102. The second-order valence-corrected chi connectivity index (χ2v) is 5.16. The first kappa shape index (κ1) is 13.5. The van der Waals surface area contributed by atoms with Crippen LogP contribution in [-0.4, -0.2) is 24.7 Å². The van der Waals surface area contributed by atoms with Crippen LogP contribution in [0.25, 0.3) is 0 Å². The quantitative estimate of drug-likeness (QED) is 0.733. The summed E-state index contributed by atoms with van der Waals surface area (Å²) < 4.78 is 5.06. The van der Waals surface area contributed by atoms with Crippen molar-refractivity contribution >= 4 is 5.97 Å². The molecule has 3 atom stereocenters. The molecule has 0 bridgehead atoms. The van der Waals surface area contributed by atoms with E-state index in [1.165, 1.54) is 0 Å². The molecular formula is C13H25NO2. The van der Waals surface area contributed by atoms with Crippen molar-refractivity contribution in [2.75, 3.05) is 6.61 Å². The van der Waals surface area contributed by atoms with Gasteiger partial charge in [-0.1, -0.05) is 13.8 Å². The van der Waals surface area contributed by atoms with Crippen LogP contribution in [0.3, 0.4) is 0 Å². The average Bonchev–Trinajstić information content (AvgIpc) is 2.66. The van der Waals surface area contributed by atoms with E-state index in [0.717, 1.165) is 19.3 Å². The Morgan fingerprint density at radius 2 is 2.06 bits per heavy atom. The van der Waals surface area contributed by atoms with Crippen LogP contribution in [-0.2, 0) is 9.53 Å². The zero-order chi connectivity index (χ0) is 12.1. The van der Waals surface area contributed by atoms with Crippen LogP contribution < -0.4 is 5.32 Å². The Labute approximate surface area is 98.9 Å². The summed E-state index contributed by atoms with van der Waals surface area (Å²) in [5.74, 6) is 0.752. The lowest BCUT2D eigenvalue weighted by atomic mass is 10.0. The van der Waals surface area contributed by atoms with E-state index in [4.69, 9.17) is 4.74 Å². The van der Waals surface area contributed by atoms with Crippen molar-refractivity contribution in [1.82, 2.24) is 5.32 Å². The molecule has 1 saturated carbocycles. The molecule has 0 aliphatic heterocycles. The molecule has 1 N–H and O–H groups in total. The van der Waals surface area contributed by atoms with E-state index in [9.17, 15) is 4.79 Å². The monoisotopic (exact) mass is 227 g/mol. The van der Waals surface area contributed by atoms with Crippen LogP contribution in [0, 0.1) is 11.8 Å². The molecule has 3 heteroatoms. The molecule has 0 heterocycles. The number of hydrogen-bond acceptors (Lipinski definition) is 3. The van der Waals surface area contributed by atoms with Gasteiger partial charge in [0.25, 0.3) is 0 Å². The van der Waals surface area contributed by atoms with Crippen molar-refractivity contribution < 1.29 is 9.53 Å². The van der Waals surface area contributed by atoms with Gasteiger partial charge in [0.05, 0.1) is 12.5 Å². The molecule has 1 aliphatic carbocycles. The van der Waals surface area contributed by atoms with E-state index >= 15 is 0 Å². The van der Waals surface area contributed by atoms with Gasteiger partial charge in [0, 0.05) is 12.1 Å². The molecule has 3 unspecified atom stereocenters. The highest BCUT2D eigenvalue weighted by Gasteiger charge is 2.31. The van der Waals surface area contributed by atoms with Crippen LogP contribution in [0.2, 0.25) is 0 Å². The lowest BCUT2D eigenvalue weighted by Crippen LogP contribution is -2.38. The SMILES string of the molecule is CCOC(=O)C1CCC(NC(C)C(C)C)C1. The fourth-order valence-electron chi connectivity index (χ4n) is 2.17. The number of rotatable bonds is 5. The molecule has 94 valence electrons. The van der Waals surface area contributed by atoms with Crippen molar-refractivity contribution in [2.24, 2.45) is 11.8 Å². The lowest BCUT2D eigenvalue weighted by molar-refractivity contribution is -0.147. The first-order valence-electron chi connectivity index (χ1n) is 6.47. The van der Waals surface area contributed by atoms with Gasteiger partial charge in [0.2, 0.25) is 0 Å². The summed E-state index contributed by atoms with van der Waals surface area (Å²) in [6.07, 6.45) is 3.01. The van der Waals surface area contributed by atoms with Gasteiger partial charge < -0.3 is 10.1 Å². The second kappa shape index (κ2) is 6.24. The molecule has 0 aromatic carbocycles. The third-order valence-corrected chi connectivity index (χ3v) is 3.55. The molecule has 0 aromatic rings. The van der Waals surface area contributed by atoms with Gasteiger partial charge >= 0.3 is 5.97 Å². The van der Waals surface area contributed by atoms with E-state index in [1.807, 2.05) is 6.92 Å². The minimum Gasteiger partial charge on any atom is -0.466 e. The molecule has 0 spiro atoms. The number of hydrogen-bond donors (Lipinski definition) is 1. The zero-order valence-electron chi connectivity index (χ0n) is 11.0.